The monoisotopic (exact) mass is 547 g/mol. The fourth-order valence-electron chi connectivity index (χ4n) is 3.56. The Kier molecular flexibility index (Phi) is 10.1. The summed E-state index contributed by atoms with van der Waals surface area (Å²) in [7, 11) is 0. The highest BCUT2D eigenvalue weighted by Gasteiger charge is 2.31. The van der Waals surface area contributed by atoms with Gasteiger partial charge in [-0.15, -0.1) is 18.3 Å². The molecule has 1 N–H and O–H groups in total. The summed E-state index contributed by atoms with van der Waals surface area (Å²) >= 11 is 0. The van der Waals surface area contributed by atoms with Crippen molar-refractivity contribution in [2.24, 2.45) is 0 Å². The van der Waals surface area contributed by atoms with E-state index in [-0.39, 0.29) is 24.8 Å². The topological polar surface area (TPSA) is 125 Å². The quantitative estimate of drug-likeness (QED) is 0.269. The van der Waals surface area contributed by atoms with Crippen LogP contribution in [0.2, 0.25) is 0 Å². The summed E-state index contributed by atoms with van der Waals surface area (Å²) < 4.78 is 47.5. The number of alkyl halides is 3. The molecule has 39 heavy (non-hydrogen) atoms. The van der Waals surface area contributed by atoms with Gasteiger partial charge in [0.2, 0.25) is 5.91 Å². The zero-order chi connectivity index (χ0) is 28.4. The molecular weight excluding hydrogens is 519 g/mol. The first-order valence-electron chi connectivity index (χ1n) is 12.2. The normalized spacial score (nSPS) is 11.3. The van der Waals surface area contributed by atoms with Crippen LogP contribution in [-0.4, -0.2) is 44.1 Å². The molecule has 0 bridgehead atoms. The van der Waals surface area contributed by atoms with E-state index in [0.717, 1.165) is 12.1 Å². The van der Waals surface area contributed by atoms with Crippen molar-refractivity contribution in [1.29, 1.82) is 0 Å². The van der Waals surface area contributed by atoms with Crippen LogP contribution >= 0.6 is 0 Å². The van der Waals surface area contributed by atoms with Gasteiger partial charge in [0.05, 0.1) is 30.3 Å². The number of unbranched alkanes of at least 4 members (excludes halogenated alkanes) is 1. The number of amides is 1. The summed E-state index contributed by atoms with van der Waals surface area (Å²) in [5.74, 6) is -1.10. The summed E-state index contributed by atoms with van der Waals surface area (Å²) in [6.07, 6.45) is -1.70. The second-order valence-electron chi connectivity index (χ2n) is 8.90. The minimum Gasteiger partial charge on any atom is -0.463 e. The number of carbonyl (C=O) groups is 2. The molecule has 0 aliphatic rings. The van der Waals surface area contributed by atoms with Gasteiger partial charge < -0.3 is 14.8 Å². The number of aromatic nitrogens is 4. The lowest BCUT2D eigenvalue weighted by molar-refractivity contribution is -0.274. The summed E-state index contributed by atoms with van der Waals surface area (Å²) in [6, 6.07) is 10.1. The second-order valence-corrected chi connectivity index (χ2v) is 8.90. The Morgan fingerprint density at radius 2 is 1.82 bits per heavy atom. The molecule has 0 aliphatic heterocycles. The molecule has 3 aromatic rings. The first kappa shape index (κ1) is 29.3. The van der Waals surface area contributed by atoms with E-state index in [0.29, 0.717) is 42.8 Å². The van der Waals surface area contributed by atoms with Crippen LogP contribution in [0.4, 0.5) is 19.0 Å². The standard InChI is InChI=1S/C26H28F3N5O5/c1-17(2)38-24(36)16-20-11-13-34(25(37)30-20)12-4-3-7-19-9-10-22(33-32-19)31-23(35)15-18-6-5-8-21(14-18)39-26(27,28)29/h5-6,8-11,13-14,17H,3-4,7,12,15-16H2,1-2H3,(H,31,33,35). The van der Waals surface area contributed by atoms with E-state index in [1.807, 2.05) is 0 Å². The molecule has 208 valence electrons. The number of carbonyl (C=O) groups excluding carboxylic acids is 2. The van der Waals surface area contributed by atoms with Gasteiger partial charge in [-0.2, -0.15) is 10.1 Å². The Morgan fingerprint density at radius 1 is 1.03 bits per heavy atom. The molecule has 0 fully saturated rings. The van der Waals surface area contributed by atoms with Crippen molar-refractivity contribution in [2.75, 3.05) is 5.32 Å². The molecular formula is C26H28F3N5O5. The summed E-state index contributed by atoms with van der Waals surface area (Å²) in [5, 5.41) is 10.6. The molecule has 0 unspecified atom stereocenters. The highest BCUT2D eigenvalue weighted by Crippen LogP contribution is 2.23. The number of ether oxygens (including phenoxy) is 2. The van der Waals surface area contributed by atoms with E-state index in [4.69, 9.17) is 4.74 Å². The van der Waals surface area contributed by atoms with Crippen LogP contribution in [0.25, 0.3) is 0 Å². The van der Waals surface area contributed by atoms with Crippen molar-refractivity contribution in [3.8, 4) is 5.75 Å². The number of nitrogens with zero attached hydrogens (tertiary/aromatic N) is 4. The maximum atomic E-state index is 12.4. The second kappa shape index (κ2) is 13.5. The van der Waals surface area contributed by atoms with Crippen LogP contribution in [0.3, 0.4) is 0 Å². The van der Waals surface area contributed by atoms with Crippen molar-refractivity contribution in [2.45, 2.75) is 65.0 Å². The number of hydrogen-bond acceptors (Lipinski definition) is 8. The number of benzene rings is 1. The van der Waals surface area contributed by atoms with Crippen molar-refractivity contribution in [3.05, 3.63) is 76.1 Å². The third-order valence-corrected chi connectivity index (χ3v) is 5.19. The van der Waals surface area contributed by atoms with Crippen molar-refractivity contribution in [1.82, 2.24) is 19.7 Å². The van der Waals surface area contributed by atoms with Gasteiger partial charge in [-0.3, -0.25) is 14.2 Å². The first-order chi connectivity index (χ1) is 18.5. The lowest BCUT2D eigenvalue weighted by Gasteiger charge is -2.10. The molecule has 0 radical (unpaired) electrons. The lowest BCUT2D eigenvalue weighted by atomic mass is 10.1. The molecule has 0 atom stereocenters. The average Bonchev–Trinajstić information content (AvgIpc) is 2.82. The fourth-order valence-corrected chi connectivity index (χ4v) is 3.56. The SMILES string of the molecule is CC(C)OC(=O)Cc1ccn(CCCCc2ccc(NC(=O)Cc3cccc(OC(F)(F)F)c3)nn2)c(=O)n1. The van der Waals surface area contributed by atoms with Gasteiger partial charge in [-0.05, 0) is 69.0 Å². The average molecular weight is 548 g/mol. The molecule has 10 nitrogen and oxygen atoms in total. The van der Waals surface area contributed by atoms with Gasteiger partial charge >= 0.3 is 18.0 Å². The number of rotatable bonds is 12. The predicted molar refractivity (Wildman–Crippen MR) is 134 cm³/mol. The Morgan fingerprint density at radius 3 is 2.49 bits per heavy atom. The zero-order valence-electron chi connectivity index (χ0n) is 21.4. The molecule has 1 amide bonds. The summed E-state index contributed by atoms with van der Waals surface area (Å²) in [4.78, 5) is 40.1. The van der Waals surface area contributed by atoms with Crippen LogP contribution in [0, 0.1) is 0 Å². The molecule has 1 aromatic carbocycles. The molecule has 0 saturated carbocycles. The fraction of sp³-hybridized carbons (Fsp3) is 0.385. The third-order valence-electron chi connectivity index (χ3n) is 5.19. The van der Waals surface area contributed by atoms with Gasteiger partial charge in [0.15, 0.2) is 5.82 Å². The van der Waals surface area contributed by atoms with Gasteiger partial charge in [-0.25, -0.2) is 4.79 Å². The zero-order valence-corrected chi connectivity index (χ0v) is 21.4. The number of halogens is 3. The van der Waals surface area contributed by atoms with Crippen LogP contribution in [0.15, 0.2) is 53.5 Å². The Labute approximate surface area is 222 Å². The van der Waals surface area contributed by atoms with E-state index < -0.39 is 29.7 Å². The highest BCUT2D eigenvalue weighted by molar-refractivity contribution is 5.91. The third kappa shape index (κ3) is 10.5. The summed E-state index contributed by atoms with van der Waals surface area (Å²) in [6.45, 7) is 3.93. The predicted octanol–water partition coefficient (Wildman–Crippen LogP) is 3.63. The van der Waals surface area contributed by atoms with Crippen LogP contribution in [0.5, 0.6) is 5.75 Å². The Hall–Kier alpha value is -4.29. The van der Waals surface area contributed by atoms with Crippen LogP contribution in [0.1, 0.15) is 43.6 Å². The van der Waals surface area contributed by atoms with Crippen molar-refractivity contribution >= 4 is 17.7 Å². The lowest BCUT2D eigenvalue weighted by Crippen LogP contribution is -2.25. The van der Waals surface area contributed by atoms with E-state index in [9.17, 15) is 27.6 Å². The molecule has 0 aliphatic carbocycles. The number of anilines is 1. The molecule has 3 rings (SSSR count). The van der Waals surface area contributed by atoms with E-state index in [1.54, 1.807) is 38.2 Å². The largest absolute Gasteiger partial charge is 0.573 e. The molecule has 2 heterocycles. The van der Waals surface area contributed by atoms with Crippen LogP contribution in [-0.2, 0) is 40.1 Å². The van der Waals surface area contributed by atoms with Crippen molar-refractivity contribution < 1.29 is 32.2 Å². The van der Waals surface area contributed by atoms with Gasteiger partial charge in [0, 0.05) is 12.7 Å². The van der Waals surface area contributed by atoms with E-state index in [2.05, 4.69) is 25.2 Å². The van der Waals surface area contributed by atoms with Crippen molar-refractivity contribution in [3.63, 3.8) is 0 Å². The summed E-state index contributed by atoms with van der Waals surface area (Å²) in [5.41, 5.74) is 0.948. The molecule has 0 saturated heterocycles. The maximum Gasteiger partial charge on any atom is 0.573 e. The molecule has 2 aromatic heterocycles. The number of nitrogens with one attached hydrogen (secondary N) is 1. The Balaban J connectivity index is 1.42. The minimum absolute atomic E-state index is 0.0620. The van der Waals surface area contributed by atoms with E-state index in [1.165, 1.54) is 16.7 Å². The van der Waals surface area contributed by atoms with Gasteiger partial charge in [-0.1, -0.05) is 12.1 Å². The first-order valence-corrected chi connectivity index (χ1v) is 12.2. The molecule has 0 spiro atoms. The van der Waals surface area contributed by atoms with Gasteiger partial charge in [0.25, 0.3) is 0 Å². The molecule has 13 heteroatoms. The maximum absolute atomic E-state index is 12.4. The smallest absolute Gasteiger partial charge is 0.463 e. The highest BCUT2D eigenvalue weighted by atomic mass is 19.4. The number of aryl methyl sites for hydroxylation is 2. The minimum atomic E-state index is -4.82. The Bertz CT molecular complexity index is 1330. The van der Waals surface area contributed by atoms with Crippen LogP contribution < -0.4 is 15.7 Å². The number of hydrogen-bond donors (Lipinski definition) is 1. The van der Waals surface area contributed by atoms with Gasteiger partial charge in [0.1, 0.15) is 5.75 Å². The van der Waals surface area contributed by atoms with E-state index >= 15 is 0 Å². The number of esters is 1.